The zero-order valence-corrected chi connectivity index (χ0v) is 21.3. The summed E-state index contributed by atoms with van der Waals surface area (Å²) in [6, 6.07) is 10.3. The van der Waals surface area contributed by atoms with Crippen molar-refractivity contribution in [1.82, 2.24) is 20.1 Å². The maximum Gasteiger partial charge on any atom is 0.315 e. The van der Waals surface area contributed by atoms with Gasteiger partial charge in [-0.15, -0.1) is 21.5 Å². The number of thiazole rings is 1. The second-order valence-electron chi connectivity index (χ2n) is 8.86. The number of urea groups is 1. The van der Waals surface area contributed by atoms with E-state index in [-0.39, 0.29) is 41.5 Å². The predicted octanol–water partition coefficient (Wildman–Crippen LogP) is 4.82. The lowest BCUT2D eigenvalue weighted by molar-refractivity contribution is 0.116. The molecule has 1 aliphatic rings. The first-order chi connectivity index (χ1) is 18.1. The average Bonchev–Trinajstić information content (AvgIpc) is 3.58. The van der Waals surface area contributed by atoms with Gasteiger partial charge >= 0.3 is 12.5 Å². The molecule has 2 aromatic heterocycles. The number of aromatic nitrogens is 3. The topological polar surface area (TPSA) is 139 Å². The maximum atomic E-state index is 15.5. The van der Waals surface area contributed by atoms with Gasteiger partial charge in [-0.25, -0.2) is 13.4 Å². The van der Waals surface area contributed by atoms with Crippen molar-refractivity contribution in [2.24, 2.45) is 5.73 Å². The minimum atomic E-state index is -3.15. The van der Waals surface area contributed by atoms with Gasteiger partial charge in [-0.2, -0.15) is 8.78 Å². The summed E-state index contributed by atoms with van der Waals surface area (Å²) in [5.41, 5.74) is 7.61. The molecule has 1 fully saturated rings. The number of amides is 2. The molecule has 5 rings (SSSR count). The number of carbonyl (C=O) groups excluding carboxylic acids is 1. The van der Waals surface area contributed by atoms with Crippen molar-refractivity contribution in [2.75, 3.05) is 18.1 Å². The molecule has 2 unspecified atom stereocenters. The number of primary amides is 1. The van der Waals surface area contributed by atoms with Crippen molar-refractivity contribution in [2.45, 2.75) is 18.4 Å². The summed E-state index contributed by atoms with van der Waals surface area (Å²) in [5.74, 6) is -2.20. The fourth-order valence-corrected chi connectivity index (χ4v) is 7.13. The SMILES string of the molecule is N=S1(=O)CCN(C(N)=O)C(Cc2ccc(-c3nnc(C(F)F)o3)cc2F)(c2cccc(-c3cncs3)c2)C1. The van der Waals surface area contributed by atoms with Gasteiger partial charge in [-0.1, -0.05) is 24.3 Å². The van der Waals surface area contributed by atoms with E-state index >= 15 is 4.39 Å². The molecule has 9 nitrogen and oxygen atoms in total. The average molecular weight is 563 g/mol. The van der Waals surface area contributed by atoms with Crippen LogP contribution in [0.25, 0.3) is 21.9 Å². The lowest BCUT2D eigenvalue weighted by Gasteiger charge is -2.47. The van der Waals surface area contributed by atoms with E-state index in [2.05, 4.69) is 15.2 Å². The van der Waals surface area contributed by atoms with Crippen molar-refractivity contribution < 1.29 is 26.6 Å². The third kappa shape index (κ3) is 4.88. The highest BCUT2D eigenvalue weighted by molar-refractivity contribution is 7.92. The van der Waals surface area contributed by atoms with Gasteiger partial charge in [0.1, 0.15) is 5.82 Å². The molecular formula is C24H21F3N6O3S2. The van der Waals surface area contributed by atoms with Gasteiger partial charge in [0.15, 0.2) is 0 Å². The summed E-state index contributed by atoms with van der Waals surface area (Å²) in [4.78, 5) is 18.9. The maximum absolute atomic E-state index is 15.5. The van der Waals surface area contributed by atoms with Gasteiger partial charge in [0.05, 0.1) is 21.7 Å². The third-order valence-electron chi connectivity index (χ3n) is 6.43. The lowest BCUT2D eigenvalue weighted by atomic mass is 9.82. The van der Waals surface area contributed by atoms with Crippen LogP contribution in [0.5, 0.6) is 0 Å². The Kier molecular flexibility index (Phi) is 6.69. The van der Waals surface area contributed by atoms with Crippen molar-refractivity contribution in [1.29, 1.82) is 4.78 Å². The van der Waals surface area contributed by atoms with Gasteiger partial charge in [0, 0.05) is 40.2 Å². The highest BCUT2D eigenvalue weighted by Crippen LogP contribution is 2.40. The van der Waals surface area contributed by atoms with Gasteiger partial charge < -0.3 is 15.1 Å². The quantitative estimate of drug-likeness (QED) is 0.346. The lowest BCUT2D eigenvalue weighted by Crippen LogP contribution is -2.61. The number of nitrogens with one attached hydrogen (secondary N) is 1. The zero-order chi connectivity index (χ0) is 27.1. The van der Waals surface area contributed by atoms with E-state index < -0.39 is 39.4 Å². The van der Waals surface area contributed by atoms with Gasteiger partial charge in [0.25, 0.3) is 5.89 Å². The highest BCUT2D eigenvalue weighted by Gasteiger charge is 2.47. The molecule has 3 N–H and O–H groups in total. The van der Waals surface area contributed by atoms with E-state index in [1.807, 2.05) is 6.07 Å². The normalized spacial score (nSPS) is 21.6. The molecule has 14 heteroatoms. The van der Waals surface area contributed by atoms with Gasteiger partial charge in [0.2, 0.25) is 5.89 Å². The molecule has 38 heavy (non-hydrogen) atoms. The van der Waals surface area contributed by atoms with E-state index in [9.17, 15) is 17.8 Å². The third-order valence-corrected chi connectivity index (χ3v) is 9.03. The Labute approximate surface area is 219 Å². The first kappa shape index (κ1) is 25.9. The van der Waals surface area contributed by atoms with Crippen molar-refractivity contribution in [3.63, 3.8) is 0 Å². The Morgan fingerprint density at radius 3 is 2.71 bits per heavy atom. The zero-order valence-electron chi connectivity index (χ0n) is 19.6. The minimum Gasteiger partial charge on any atom is -0.415 e. The van der Waals surface area contributed by atoms with Crippen LogP contribution in [0.1, 0.15) is 23.4 Å². The van der Waals surface area contributed by atoms with E-state index in [0.29, 0.717) is 5.56 Å². The fraction of sp³-hybridized carbons (Fsp3) is 0.250. The summed E-state index contributed by atoms with van der Waals surface area (Å²) in [6.45, 7) is -0.0411. The Balaban J connectivity index is 1.61. The molecule has 0 radical (unpaired) electrons. The summed E-state index contributed by atoms with van der Waals surface area (Å²) < 4.78 is 67.6. The van der Waals surface area contributed by atoms with Crippen molar-refractivity contribution in [3.05, 3.63) is 77.0 Å². The molecule has 1 aliphatic heterocycles. The van der Waals surface area contributed by atoms with E-state index in [1.165, 1.54) is 28.4 Å². The number of nitrogens with two attached hydrogens (primary N) is 1. The Morgan fingerprint density at radius 1 is 1.24 bits per heavy atom. The molecule has 2 aromatic carbocycles. The molecule has 0 bridgehead atoms. The van der Waals surface area contributed by atoms with Crippen LogP contribution in [0.15, 0.2) is 58.6 Å². The van der Waals surface area contributed by atoms with Crippen LogP contribution in [0.2, 0.25) is 0 Å². The van der Waals surface area contributed by atoms with Crippen LogP contribution >= 0.6 is 11.3 Å². The standard InChI is InChI=1S/C24H21F3N6O3S2/c25-18-9-15(21-31-32-22(36-21)20(26)27)4-5-16(18)10-24(12-38(29,35)7-6-33(24)23(28)34)17-3-1-2-14(8-17)19-11-30-13-37-19/h1-5,8-9,11,13,20,29H,6-7,10,12H2,(H2,28,34). The number of hydrogen-bond acceptors (Lipinski definition) is 8. The second-order valence-corrected chi connectivity index (χ2v) is 12.1. The smallest absolute Gasteiger partial charge is 0.315 e. The number of nitrogens with zero attached hydrogens (tertiary/aromatic N) is 4. The molecular weight excluding hydrogens is 541 g/mol. The first-order valence-corrected chi connectivity index (χ1v) is 14.1. The second kappa shape index (κ2) is 9.83. The van der Waals surface area contributed by atoms with Gasteiger partial charge in [-0.3, -0.25) is 9.76 Å². The Morgan fingerprint density at radius 2 is 2.05 bits per heavy atom. The summed E-state index contributed by atoms with van der Waals surface area (Å²) in [5, 5.41) is 6.80. The molecule has 4 aromatic rings. The Hall–Kier alpha value is -3.78. The number of alkyl halides is 2. The predicted molar refractivity (Wildman–Crippen MR) is 134 cm³/mol. The van der Waals surface area contributed by atoms with E-state index in [0.717, 1.165) is 16.5 Å². The van der Waals surface area contributed by atoms with Crippen LogP contribution in [0.3, 0.4) is 0 Å². The molecule has 3 heterocycles. The van der Waals surface area contributed by atoms with Crippen molar-refractivity contribution in [3.8, 4) is 21.9 Å². The number of carbonyl (C=O) groups is 1. The molecule has 2 atom stereocenters. The molecule has 0 aliphatic carbocycles. The van der Waals surface area contributed by atoms with Crippen LogP contribution < -0.4 is 5.73 Å². The molecule has 198 valence electrons. The van der Waals surface area contributed by atoms with Crippen LogP contribution in [0, 0.1) is 10.6 Å². The number of benzene rings is 2. The summed E-state index contributed by atoms with van der Waals surface area (Å²) >= 11 is 1.41. The van der Waals surface area contributed by atoms with E-state index in [4.69, 9.17) is 14.9 Å². The van der Waals surface area contributed by atoms with Crippen LogP contribution in [0.4, 0.5) is 18.0 Å². The van der Waals surface area contributed by atoms with Crippen molar-refractivity contribution >= 4 is 27.1 Å². The Bertz CT molecular complexity index is 1590. The summed E-state index contributed by atoms with van der Waals surface area (Å²) in [6.07, 6.45) is -1.42. The largest absolute Gasteiger partial charge is 0.415 e. The van der Waals surface area contributed by atoms with Crippen LogP contribution in [-0.4, -0.2) is 48.4 Å². The highest BCUT2D eigenvalue weighted by atomic mass is 32.2. The minimum absolute atomic E-state index is 0.0411. The molecule has 1 saturated heterocycles. The van der Waals surface area contributed by atoms with E-state index in [1.54, 1.807) is 29.9 Å². The summed E-state index contributed by atoms with van der Waals surface area (Å²) in [7, 11) is -3.15. The fourth-order valence-electron chi connectivity index (χ4n) is 4.70. The number of halogens is 3. The van der Waals surface area contributed by atoms with Crippen LogP contribution in [-0.2, 0) is 21.7 Å². The molecule has 2 amide bonds. The molecule has 0 saturated carbocycles. The van der Waals surface area contributed by atoms with Gasteiger partial charge in [-0.05, 0) is 34.9 Å². The number of rotatable bonds is 6. The monoisotopic (exact) mass is 562 g/mol. The first-order valence-electron chi connectivity index (χ1n) is 11.3. The molecule has 0 spiro atoms. The number of hydrogen-bond donors (Lipinski definition) is 2.